The van der Waals surface area contributed by atoms with Crippen LogP contribution < -0.4 is 10.2 Å². The molecule has 2 heterocycles. The molecule has 2 aromatic rings. The molecule has 6 heteroatoms. The van der Waals surface area contributed by atoms with Crippen LogP contribution in [0.2, 0.25) is 5.02 Å². The van der Waals surface area contributed by atoms with Crippen molar-refractivity contribution in [1.29, 1.82) is 0 Å². The fraction of sp³-hybridized carbons (Fsp3) is 0.200. The molecule has 1 N–H and O–H groups in total. The molecule has 2 amide bonds. The zero-order valence-corrected chi connectivity index (χ0v) is 15.1. The van der Waals surface area contributed by atoms with E-state index in [0.717, 1.165) is 11.3 Å². The minimum absolute atomic E-state index is 0.193. The van der Waals surface area contributed by atoms with Crippen LogP contribution in [0.4, 0.5) is 11.4 Å². The second kappa shape index (κ2) is 5.88. The predicted molar refractivity (Wildman–Crippen MR) is 102 cm³/mol. The third kappa shape index (κ3) is 2.04. The molecule has 1 atom stereocenters. The first kappa shape index (κ1) is 16.7. The lowest BCUT2D eigenvalue weighted by Crippen LogP contribution is -2.62. The number of fused-ring (bicyclic) bond motifs is 3. The number of rotatable bonds is 3. The van der Waals surface area contributed by atoms with Crippen molar-refractivity contribution in [3.8, 4) is 0 Å². The van der Waals surface area contributed by atoms with E-state index in [1.807, 2.05) is 31.2 Å². The summed E-state index contributed by atoms with van der Waals surface area (Å²) in [5.41, 5.74) is 1.34. The Morgan fingerprint density at radius 3 is 2.73 bits per heavy atom. The highest BCUT2D eigenvalue weighted by Gasteiger charge is 2.58. The average molecular weight is 368 g/mol. The minimum atomic E-state index is -1.27. The van der Waals surface area contributed by atoms with Crippen molar-refractivity contribution in [1.82, 2.24) is 4.90 Å². The monoisotopic (exact) mass is 367 g/mol. The Morgan fingerprint density at radius 1 is 1.23 bits per heavy atom. The van der Waals surface area contributed by atoms with Crippen molar-refractivity contribution in [3.63, 3.8) is 0 Å². The third-order valence-electron chi connectivity index (χ3n) is 4.94. The molecule has 5 nitrogen and oxygen atoms in total. The summed E-state index contributed by atoms with van der Waals surface area (Å²) in [5.74, 6) is -0.388. The van der Waals surface area contributed by atoms with Crippen molar-refractivity contribution in [2.75, 3.05) is 23.3 Å². The van der Waals surface area contributed by atoms with Crippen LogP contribution in [0.3, 0.4) is 0 Å². The normalized spacial score (nSPS) is 20.8. The number of amides is 2. The highest BCUT2D eigenvalue weighted by molar-refractivity contribution is 6.31. The second-order valence-corrected chi connectivity index (χ2v) is 6.73. The van der Waals surface area contributed by atoms with E-state index in [1.165, 1.54) is 0 Å². The lowest BCUT2D eigenvalue weighted by Gasteiger charge is -2.44. The molecule has 0 bridgehead atoms. The highest BCUT2D eigenvalue weighted by Crippen LogP contribution is 2.48. The van der Waals surface area contributed by atoms with Gasteiger partial charge in [-0.15, -0.1) is 6.58 Å². The van der Waals surface area contributed by atoms with E-state index in [-0.39, 0.29) is 11.8 Å². The van der Waals surface area contributed by atoms with Crippen LogP contribution in [0.5, 0.6) is 0 Å². The minimum Gasteiger partial charge on any atom is -0.350 e. The Hall–Kier alpha value is -2.79. The first-order valence-corrected chi connectivity index (χ1v) is 8.84. The Balaban J connectivity index is 1.98. The van der Waals surface area contributed by atoms with Gasteiger partial charge in [-0.1, -0.05) is 35.9 Å². The van der Waals surface area contributed by atoms with Crippen LogP contribution in [0, 0.1) is 0 Å². The molecule has 1 spiro atoms. The van der Waals surface area contributed by atoms with Gasteiger partial charge in [0.2, 0.25) is 5.66 Å². The summed E-state index contributed by atoms with van der Waals surface area (Å²) < 4.78 is 0. The molecule has 2 aromatic carbocycles. The quantitative estimate of drug-likeness (QED) is 0.843. The van der Waals surface area contributed by atoms with Crippen LogP contribution in [0.25, 0.3) is 0 Å². The van der Waals surface area contributed by atoms with Crippen LogP contribution in [-0.4, -0.2) is 29.8 Å². The number of carbonyl (C=O) groups is 2. The molecule has 0 unspecified atom stereocenters. The lowest BCUT2D eigenvalue weighted by molar-refractivity contribution is -0.127. The van der Waals surface area contributed by atoms with Gasteiger partial charge in [0.25, 0.3) is 11.8 Å². The Kier molecular flexibility index (Phi) is 3.77. The van der Waals surface area contributed by atoms with E-state index < -0.39 is 5.66 Å². The van der Waals surface area contributed by atoms with E-state index in [4.69, 9.17) is 11.6 Å². The Bertz CT molecular complexity index is 942. The van der Waals surface area contributed by atoms with Crippen LogP contribution >= 0.6 is 11.6 Å². The number of carbonyl (C=O) groups excluding carboxylic acids is 2. The first-order chi connectivity index (χ1) is 12.5. The average Bonchev–Trinajstić information content (AvgIpc) is 2.86. The van der Waals surface area contributed by atoms with Gasteiger partial charge in [-0.2, -0.15) is 0 Å². The van der Waals surface area contributed by atoms with E-state index in [1.54, 1.807) is 34.1 Å². The van der Waals surface area contributed by atoms with E-state index in [2.05, 4.69) is 11.9 Å². The molecular formula is C20H18ClN3O2. The molecule has 2 aliphatic rings. The summed E-state index contributed by atoms with van der Waals surface area (Å²) in [6.45, 7) is 6.38. The standard InChI is InChI=1S/C20H18ClN3O2/c1-3-11-23-17-8-6-5-7-15(17)20(19(23)26)22-16-12-13(21)9-10-14(16)18(25)24(20)4-2/h3,5-10,12,22H,1,4,11H2,2H3/t20-/m0/s1. The summed E-state index contributed by atoms with van der Waals surface area (Å²) in [5, 5.41) is 3.84. The smallest absolute Gasteiger partial charge is 0.279 e. The molecule has 0 saturated heterocycles. The van der Waals surface area contributed by atoms with Crippen molar-refractivity contribution >= 4 is 34.8 Å². The molecular weight excluding hydrogens is 350 g/mol. The lowest BCUT2D eigenvalue weighted by atomic mass is 9.93. The Labute approximate surface area is 156 Å². The van der Waals surface area contributed by atoms with Gasteiger partial charge in [0.1, 0.15) is 0 Å². The van der Waals surface area contributed by atoms with E-state index in [0.29, 0.717) is 29.4 Å². The third-order valence-corrected chi connectivity index (χ3v) is 5.18. The summed E-state index contributed by atoms with van der Waals surface area (Å²) >= 11 is 6.13. The maximum atomic E-state index is 13.5. The predicted octanol–water partition coefficient (Wildman–Crippen LogP) is 3.61. The van der Waals surface area contributed by atoms with Crippen LogP contribution in [0.1, 0.15) is 22.8 Å². The van der Waals surface area contributed by atoms with Crippen molar-refractivity contribution in [3.05, 3.63) is 71.3 Å². The summed E-state index contributed by atoms with van der Waals surface area (Å²) in [4.78, 5) is 30.0. The number of benzene rings is 2. The number of halogens is 1. The highest BCUT2D eigenvalue weighted by atomic mass is 35.5. The molecule has 0 fully saturated rings. The number of hydrogen-bond donors (Lipinski definition) is 1. The molecule has 0 saturated carbocycles. The van der Waals surface area contributed by atoms with Gasteiger partial charge in [-0.05, 0) is 31.2 Å². The number of hydrogen-bond acceptors (Lipinski definition) is 3. The molecule has 4 rings (SSSR count). The summed E-state index contributed by atoms with van der Waals surface area (Å²) in [6, 6.07) is 12.6. The summed E-state index contributed by atoms with van der Waals surface area (Å²) in [6.07, 6.45) is 1.68. The zero-order valence-electron chi connectivity index (χ0n) is 14.3. The maximum Gasteiger partial charge on any atom is 0.279 e. The topological polar surface area (TPSA) is 52.7 Å². The fourth-order valence-corrected chi connectivity index (χ4v) is 4.05. The van der Waals surface area contributed by atoms with E-state index >= 15 is 0 Å². The zero-order chi connectivity index (χ0) is 18.5. The fourth-order valence-electron chi connectivity index (χ4n) is 3.87. The number of likely N-dealkylation sites (N-methyl/N-ethyl adjacent to an activating group) is 1. The largest absolute Gasteiger partial charge is 0.350 e. The van der Waals surface area contributed by atoms with E-state index in [9.17, 15) is 9.59 Å². The van der Waals surface area contributed by atoms with Gasteiger partial charge in [0.05, 0.1) is 16.9 Å². The maximum absolute atomic E-state index is 13.5. The molecule has 26 heavy (non-hydrogen) atoms. The number of nitrogens with zero attached hydrogens (tertiary/aromatic N) is 2. The number of anilines is 2. The number of nitrogens with one attached hydrogen (secondary N) is 1. The summed E-state index contributed by atoms with van der Waals surface area (Å²) in [7, 11) is 0. The Morgan fingerprint density at radius 2 is 2.00 bits per heavy atom. The number of para-hydroxylation sites is 1. The molecule has 2 aliphatic heterocycles. The second-order valence-electron chi connectivity index (χ2n) is 6.30. The molecule has 0 aliphatic carbocycles. The van der Waals surface area contributed by atoms with Gasteiger partial charge >= 0.3 is 0 Å². The van der Waals surface area contributed by atoms with Gasteiger partial charge in [-0.3, -0.25) is 9.59 Å². The molecule has 0 aromatic heterocycles. The molecule has 0 radical (unpaired) electrons. The van der Waals surface area contributed by atoms with Crippen molar-refractivity contribution in [2.45, 2.75) is 12.6 Å². The van der Waals surface area contributed by atoms with Gasteiger partial charge in [0, 0.05) is 23.7 Å². The van der Waals surface area contributed by atoms with Crippen molar-refractivity contribution in [2.24, 2.45) is 0 Å². The van der Waals surface area contributed by atoms with Crippen molar-refractivity contribution < 1.29 is 9.59 Å². The molecule has 132 valence electrons. The van der Waals surface area contributed by atoms with Crippen LogP contribution in [0.15, 0.2) is 55.1 Å². The SMILES string of the molecule is C=CCN1C(=O)[C@]2(Nc3cc(Cl)ccc3C(=O)N2CC)c2ccccc21. The van der Waals surface area contributed by atoms with Crippen LogP contribution in [-0.2, 0) is 10.5 Å². The first-order valence-electron chi connectivity index (χ1n) is 8.46. The van der Waals surface area contributed by atoms with Gasteiger partial charge in [-0.25, -0.2) is 0 Å². The van der Waals surface area contributed by atoms with Gasteiger partial charge < -0.3 is 15.1 Å². The van der Waals surface area contributed by atoms with Gasteiger partial charge in [0.15, 0.2) is 0 Å².